The first kappa shape index (κ1) is 16.0. The fourth-order valence-electron chi connectivity index (χ4n) is 3.82. The summed E-state index contributed by atoms with van der Waals surface area (Å²) in [5.74, 6) is -0.332. The van der Waals surface area contributed by atoms with Crippen molar-refractivity contribution < 1.29 is 14.3 Å². The van der Waals surface area contributed by atoms with Crippen LogP contribution >= 0.6 is 15.9 Å². The number of ether oxygens (including phenoxy) is 2. The highest BCUT2D eigenvalue weighted by molar-refractivity contribution is 9.10. The van der Waals surface area contributed by atoms with Gasteiger partial charge in [-0.05, 0) is 30.5 Å². The van der Waals surface area contributed by atoms with Gasteiger partial charge in [-0.1, -0.05) is 40.9 Å². The molecule has 1 aromatic carbocycles. The van der Waals surface area contributed by atoms with Gasteiger partial charge in [-0.3, -0.25) is 0 Å². The molecule has 4 nitrogen and oxygen atoms in total. The Bertz CT molecular complexity index is 557. The van der Waals surface area contributed by atoms with Crippen LogP contribution in [-0.4, -0.2) is 31.8 Å². The van der Waals surface area contributed by atoms with Crippen LogP contribution < -0.4 is 5.32 Å². The van der Waals surface area contributed by atoms with Gasteiger partial charge in [0, 0.05) is 23.0 Å². The molecule has 1 N–H and O–H groups in total. The molecule has 1 unspecified atom stereocenters. The fourth-order valence-corrected chi connectivity index (χ4v) is 4.22. The third kappa shape index (κ3) is 3.07. The van der Waals surface area contributed by atoms with Gasteiger partial charge in [-0.15, -0.1) is 0 Å². The van der Waals surface area contributed by atoms with E-state index in [9.17, 15) is 4.79 Å². The Kier molecular flexibility index (Phi) is 4.57. The van der Waals surface area contributed by atoms with Crippen molar-refractivity contribution in [2.75, 3.05) is 20.3 Å². The molecule has 0 amide bonds. The third-order valence-electron chi connectivity index (χ3n) is 4.98. The zero-order valence-corrected chi connectivity index (χ0v) is 14.4. The van der Waals surface area contributed by atoms with Gasteiger partial charge in [0.15, 0.2) is 0 Å². The van der Waals surface area contributed by atoms with Crippen LogP contribution in [0.3, 0.4) is 0 Å². The molecule has 1 saturated heterocycles. The van der Waals surface area contributed by atoms with E-state index in [1.54, 1.807) is 0 Å². The summed E-state index contributed by atoms with van der Waals surface area (Å²) in [4.78, 5) is 11.5. The van der Waals surface area contributed by atoms with Gasteiger partial charge >= 0.3 is 5.97 Å². The minimum atomic E-state index is -0.456. The zero-order valence-electron chi connectivity index (χ0n) is 12.9. The number of benzene rings is 1. The molecule has 3 rings (SSSR count). The van der Waals surface area contributed by atoms with E-state index in [1.807, 2.05) is 12.1 Å². The number of nitrogens with one attached hydrogen (secondary N) is 1. The second-order valence-electron chi connectivity index (χ2n) is 6.39. The smallest absolute Gasteiger partial charge is 0.331 e. The van der Waals surface area contributed by atoms with Crippen molar-refractivity contribution in [1.82, 2.24) is 5.32 Å². The second kappa shape index (κ2) is 6.30. The first-order valence-corrected chi connectivity index (χ1v) is 8.59. The van der Waals surface area contributed by atoms with Crippen molar-refractivity contribution in [2.24, 2.45) is 0 Å². The number of rotatable bonds is 4. The highest BCUT2D eigenvalue weighted by Gasteiger charge is 2.51. The third-order valence-corrected chi connectivity index (χ3v) is 5.47. The summed E-state index contributed by atoms with van der Waals surface area (Å²) < 4.78 is 11.9. The molecule has 1 atom stereocenters. The molecule has 1 aliphatic carbocycles. The normalized spacial score (nSPS) is 26.5. The molecule has 2 fully saturated rings. The maximum atomic E-state index is 11.5. The molecule has 2 aliphatic rings. The van der Waals surface area contributed by atoms with Gasteiger partial charge in [0.05, 0.1) is 7.11 Å². The van der Waals surface area contributed by atoms with E-state index in [0.717, 1.165) is 23.0 Å². The minimum absolute atomic E-state index is 0.0131. The fraction of sp³-hybridized carbons (Fsp3) is 0.588. The maximum absolute atomic E-state index is 11.5. The van der Waals surface area contributed by atoms with E-state index in [1.165, 1.54) is 32.8 Å². The quantitative estimate of drug-likeness (QED) is 0.830. The Hall–Kier alpha value is -0.910. The van der Waals surface area contributed by atoms with E-state index in [-0.39, 0.29) is 18.1 Å². The number of hydrogen-bond acceptors (Lipinski definition) is 4. The van der Waals surface area contributed by atoms with Crippen molar-refractivity contribution in [1.29, 1.82) is 0 Å². The van der Waals surface area contributed by atoms with Crippen molar-refractivity contribution in [3.63, 3.8) is 0 Å². The van der Waals surface area contributed by atoms with Gasteiger partial charge in [0.2, 0.25) is 0 Å². The first-order valence-electron chi connectivity index (χ1n) is 7.79. The molecule has 5 heteroatoms. The monoisotopic (exact) mass is 367 g/mol. The molecule has 0 bridgehead atoms. The van der Waals surface area contributed by atoms with Gasteiger partial charge in [0.1, 0.15) is 12.2 Å². The van der Waals surface area contributed by atoms with Gasteiger partial charge in [-0.25, -0.2) is 4.79 Å². The van der Waals surface area contributed by atoms with Crippen LogP contribution in [0.2, 0.25) is 0 Å². The maximum Gasteiger partial charge on any atom is 0.331 e. The SMILES string of the molecule is COC(=O)COC1(c2cccc(Br)c2)CNC2(CCCC2)C1. The number of methoxy groups -OCH3 is 1. The highest BCUT2D eigenvalue weighted by Crippen LogP contribution is 2.46. The van der Waals surface area contributed by atoms with Crippen molar-refractivity contribution in [3.05, 3.63) is 34.3 Å². The number of halogens is 1. The second-order valence-corrected chi connectivity index (χ2v) is 7.30. The summed E-state index contributed by atoms with van der Waals surface area (Å²) in [5, 5.41) is 3.69. The number of esters is 1. The predicted octanol–water partition coefficient (Wildman–Crippen LogP) is 3.14. The molecular weight excluding hydrogens is 346 g/mol. The molecule has 1 aliphatic heterocycles. The van der Waals surface area contributed by atoms with Crippen molar-refractivity contribution in [3.8, 4) is 0 Å². The Morgan fingerprint density at radius 2 is 2.14 bits per heavy atom. The molecule has 22 heavy (non-hydrogen) atoms. The molecular formula is C17H22BrNO3. The highest BCUT2D eigenvalue weighted by atomic mass is 79.9. The van der Waals surface area contributed by atoms with E-state index >= 15 is 0 Å². The van der Waals surface area contributed by atoms with Crippen LogP contribution in [0.25, 0.3) is 0 Å². The molecule has 0 aromatic heterocycles. The summed E-state index contributed by atoms with van der Waals surface area (Å²) >= 11 is 3.53. The van der Waals surface area contributed by atoms with Crippen LogP contribution in [0, 0.1) is 0 Å². The van der Waals surface area contributed by atoms with Crippen LogP contribution in [0.1, 0.15) is 37.7 Å². The molecule has 1 spiro atoms. The standard InChI is InChI=1S/C17H22BrNO3/c1-21-15(20)10-22-17(13-5-4-6-14(18)9-13)11-16(19-12-17)7-2-3-8-16/h4-6,9,19H,2-3,7-8,10-12H2,1H3. The first-order chi connectivity index (χ1) is 10.6. The van der Waals surface area contributed by atoms with Crippen LogP contribution in [0.4, 0.5) is 0 Å². The summed E-state index contributed by atoms with van der Waals surface area (Å²) in [6.45, 7) is 0.723. The minimum Gasteiger partial charge on any atom is -0.467 e. The van der Waals surface area contributed by atoms with Crippen LogP contribution in [0.5, 0.6) is 0 Å². The lowest BCUT2D eigenvalue weighted by Gasteiger charge is -2.31. The van der Waals surface area contributed by atoms with Crippen molar-refractivity contribution in [2.45, 2.75) is 43.2 Å². The Labute approximate surface area is 139 Å². The predicted molar refractivity (Wildman–Crippen MR) is 87.6 cm³/mol. The Morgan fingerprint density at radius 1 is 1.36 bits per heavy atom. The van der Waals surface area contributed by atoms with E-state index in [4.69, 9.17) is 9.47 Å². The molecule has 1 aromatic rings. The van der Waals surface area contributed by atoms with E-state index < -0.39 is 5.60 Å². The molecule has 1 heterocycles. The van der Waals surface area contributed by atoms with E-state index in [2.05, 4.69) is 33.4 Å². The van der Waals surface area contributed by atoms with Crippen molar-refractivity contribution >= 4 is 21.9 Å². The number of carbonyl (C=O) groups is 1. The molecule has 120 valence electrons. The lowest BCUT2D eigenvalue weighted by molar-refractivity contribution is -0.153. The topological polar surface area (TPSA) is 47.6 Å². The largest absolute Gasteiger partial charge is 0.467 e. The van der Waals surface area contributed by atoms with Crippen LogP contribution in [-0.2, 0) is 19.9 Å². The Morgan fingerprint density at radius 3 is 2.82 bits per heavy atom. The van der Waals surface area contributed by atoms with Gasteiger partial charge < -0.3 is 14.8 Å². The average Bonchev–Trinajstić information content (AvgIpc) is 3.14. The Balaban J connectivity index is 1.87. The summed E-state index contributed by atoms with van der Waals surface area (Å²) in [6.07, 6.45) is 5.80. The van der Waals surface area contributed by atoms with E-state index in [0.29, 0.717) is 0 Å². The summed E-state index contributed by atoms with van der Waals surface area (Å²) in [5.41, 5.74) is 0.822. The summed E-state index contributed by atoms with van der Waals surface area (Å²) in [7, 11) is 1.39. The van der Waals surface area contributed by atoms with Gasteiger partial charge in [-0.2, -0.15) is 0 Å². The summed E-state index contributed by atoms with van der Waals surface area (Å²) in [6, 6.07) is 8.19. The number of hydrogen-bond donors (Lipinski definition) is 1. The van der Waals surface area contributed by atoms with Crippen LogP contribution in [0.15, 0.2) is 28.7 Å². The lowest BCUT2D eigenvalue weighted by Crippen LogP contribution is -2.35. The zero-order chi connectivity index (χ0) is 15.6. The average molecular weight is 368 g/mol. The molecule has 1 saturated carbocycles. The van der Waals surface area contributed by atoms with Gasteiger partial charge in [0.25, 0.3) is 0 Å². The number of carbonyl (C=O) groups excluding carboxylic acids is 1. The molecule has 0 radical (unpaired) electrons. The lowest BCUT2D eigenvalue weighted by atomic mass is 9.84.